The van der Waals surface area contributed by atoms with Crippen LogP contribution in [0.25, 0.3) is 0 Å². The predicted molar refractivity (Wildman–Crippen MR) is 68.3 cm³/mol. The van der Waals surface area contributed by atoms with Crippen LogP contribution in [-0.2, 0) is 4.79 Å². The number of hydrogen-bond donors (Lipinski definition) is 2. The summed E-state index contributed by atoms with van der Waals surface area (Å²) >= 11 is 5.88. The molecule has 1 aromatic rings. The van der Waals surface area contributed by atoms with Crippen molar-refractivity contribution in [3.8, 4) is 6.07 Å². The Labute approximate surface area is 118 Å². The molecule has 0 aliphatic rings. The van der Waals surface area contributed by atoms with Crippen LogP contribution in [0.1, 0.15) is 12.5 Å². The monoisotopic (exact) mass is 305 g/mol. The molecule has 0 heterocycles. The molecule has 0 spiro atoms. The van der Waals surface area contributed by atoms with Crippen molar-refractivity contribution in [2.45, 2.75) is 19.1 Å². The Kier molecular flexibility index (Phi) is 5.22. The van der Waals surface area contributed by atoms with E-state index >= 15 is 0 Å². The summed E-state index contributed by atoms with van der Waals surface area (Å²) in [5.74, 6) is -0.803. The van der Waals surface area contributed by atoms with E-state index < -0.39 is 24.7 Å². The molecule has 20 heavy (non-hydrogen) atoms. The Morgan fingerprint density at radius 2 is 2.15 bits per heavy atom. The lowest BCUT2D eigenvalue weighted by atomic mass is 10.2. The summed E-state index contributed by atoms with van der Waals surface area (Å²) in [5, 5.41) is 13.3. The van der Waals surface area contributed by atoms with E-state index in [2.05, 4.69) is 5.32 Å². The Bertz CT molecular complexity index is 540. The summed E-state index contributed by atoms with van der Waals surface area (Å²) in [5.41, 5.74) is 0.704. The van der Waals surface area contributed by atoms with Gasteiger partial charge in [0.1, 0.15) is 12.6 Å². The lowest BCUT2D eigenvalue weighted by Crippen LogP contribution is -2.42. The van der Waals surface area contributed by atoms with Gasteiger partial charge < -0.3 is 10.6 Å². The van der Waals surface area contributed by atoms with E-state index in [0.29, 0.717) is 11.3 Å². The van der Waals surface area contributed by atoms with Crippen LogP contribution in [0.3, 0.4) is 0 Å². The van der Waals surface area contributed by atoms with Crippen molar-refractivity contribution >= 4 is 23.2 Å². The van der Waals surface area contributed by atoms with Gasteiger partial charge in [-0.3, -0.25) is 4.79 Å². The predicted octanol–water partition coefficient (Wildman–Crippen LogP) is 2.69. The molecule has 0 saturated carbocycles. The van der Waals surface area contributed by atoms with Crippen molar-refractivity contribution in [2.75, 3.05) is 11.9 Å². The number of carbonyl (C=O) groups excluding carboxylic acids is 1. The summed E-state index contributed by atoms with van der Waals surface area (Å²) < 4.78 is 35.9. The standard InChI is InChI=1S/C12H11ClF3N3O/c1-7(11(20)18-6-12(14,15)16)19-10-3-2-8(5-17)4-9(10)13/h2-4,7,19H,6H2,1H3,(H,18,20). The third-order valence-electron chi connectivity index (χ3n) is 2.33. The van der Waals surface area contributed by atoms with Gasteiger partial charge in [-0.25, -0.2) is 0 Å². The number of alkyl halides is 3. The number of benzene rings is 1. The normalized spacial score (nSPS) is 12.4. The van der Waals surface area contributed by atoms with E-state index in [-0.39, 0.29) is 5.02 Å². The average Bonchev–Trinajstić information content (AvgIpc) is 2.37. The van der Waals surface area contributed by atoms with Crippen molar-refractivity contribution < 1.29 is 18.0 Å². The molecule has 0 saturated heterocycles. The molecular formula is C12H11ClF3N3O. The van der Waals surface area contributed by atoms with Gasteiger partial charge >= 0.3 is 6.18 Å². The summed E-state index contributed by atoms with van der Waals surface area (Å²) in [6.07, 6.45) is -4.46. The molecule has 1 atom stereocenters. The molecule has 0 bridgehead atoms. The SMILES string of the molecule is CC(Nc1ccc(C#N)cc1Cl)C(=O)NCC(F)(F)F. The van der Waals surface area contributed by atoms with Gasteiger partial charge in [-0.2, -0.15) is 18.4 Å². The zero-order valence-corrected chi connectivity index (χ0v) is 11.1. The highest BCUT2D eigenvalue weighted by molar-refractivity contribution is 6.33. The van der Waals surface area contributed by atoms with E-state index in [1.54, 1.807) is 5.32 Å². The van der Waals surface area contributed by atoms with Gasteiger partial charge in [0.2, 0.25) is 5.91 Å². The molecule has 108 valence electrons. The van der Waals surface area contributed by atoms with Crippen LogP contribution in [0.5, 0.6) is 0 Å². The fourth-order valence-corrected chi connectivity index (χ4v) is 1.58. The lowest BCUT2D eigenvalue weighted by Gasteiger charge is -2.17. The van der Waals surface area contributed by atoms with Gasteiger partial charge in [0.25, 0.3) is 0 Å². The van der Waals surface area contributed by atoms with Crippen LogP contribution in [0.4, 0.5) is 18.9 Å². The molecule has 0 aliphatic heterocycles. The first-order chi connectivity index (χ1) is 9.23. The Morgan fingerprint density at radius 1 is 1.50 bits per heavy atom. The number of amides is 1. The molecule has 0 aromatic heterocycles. The number of rotatable bonds is 4. The highest BCUT2D eigenvalue weighted by atomic mass is 35.5. The highest BCUT2D eigenvalue weighted by Gasteiger charge is 2.28. The first kappa shape index (κ1) is 16.1. The Morgan fingerprint density at radius 3 is 2.65 bits per heavy atom. The topological polar surface area (TPSA) is 64.9 Å². The molecular weight excluding hydrogens is 295 g/mol. The summed E-state index contributed by atoms with van der Waals surface area (Å²) in [6, 6.07) is 5.35. The minimum atomic E-state index is -4.46. The second-order valence-electron chi connectivity index (χ2n) is 4.01. The number of anilines is 1. The number of carbonyl (C=O) groups is 1. The van der Waals surface area contributed by atoms with Crippen molar-refractivity contribution in [1.82, 2.24) is 5.32 Å². The van der Waals surface area contributed by atoms with Crippen LogP contribution in [0, 0.1) is 11.3 Å². The maximum absolute atomic E-state index is 12.0. The van der Waals surface area contributed by atoms with Gasteiger partial charge in [-0.15, -0.1) is 0 Å². The minimum Gasteiger partial charge on any atom is -0.373 e. The molecule has 0 radical (unpaired) electrons. The minimum absolute atomic E-state index is 0.208. The van der Waals surface area contributed by atoms with Crippen LogP contribution >= 0.6 is 11.6 Å². The second kappa shape index (κ2) is 6.48. The summed E-state index contributed by atoms with van der Waals surface area (Å²) in [4.78, 5) is 11.5. The number of nitrogens with one attached hydrogen (secondary N) is 2. The van der Waals surface area contributed by atoms with Gasteiger partial charge in [0, 0.05) is 0 Å². The highest BCUT2D eigenvalue weighted by Crippen LogP contribution is 2.23. The fourth-order valence-electron chi connectivity index (χ4n) is 1.34. The van der Waals surface area contributed by atoms with Crippen LogP contribution < -0.4 is 10.6 Å². The van der Waals surface area contributed by atoms with Gasteiger partial charge in [-0.1, -0.05) is 11.6 Å². The van der Waals surface area contributed by atoms with Crippen LogP contribution in [0.2, 0.25) is 5.02 Å². The van der Waals surface area contributed by atoms with E-state index in [4.69, 9.17) is 16.9 Å². The van der Waals surface area contributed by atoms with Crippen LogP contribution in [0.15, 0.2) is 18.2 Å². The first-order valence-corrected chi connectivity index (χ1v) is 5.91. The van der Waals surface area contributed by atoms with Crippen LogP contribution in [-0.4, -0.2) is 24.7 Å². The second-order valence-corrected chi connectivity index (χ2v) is 4.41. The molecule has 8 heteroatoms. The van der Waals surface area contributed by atoms with Crippen molar-refractivity contribution in [3.05, 3.63) is 28.8 Å². The number of nitriles is 1. The molecule has 2 N–H and O–H groups in total. The summed E-state index contributed by atoms with van der Waals surface area (Å²) in [6.45, 7) is 0.0131. The van der Waals surface area contributed by atoms with E-state index in [1.165, 1.54) is 25.1 Å². The maximum Gasteiger partial charge on any atom is 0.405 e. The zero-order chi connectivity index (χ0) is 15.3. The third-order valence-corrected chi connectivity index (χ3v) is 2.64. The summed E-state index contributed by atoms with van der Waals surface area (Å²) in [7, 11) is 0. The van der Waals surface area contributed by atoms with Gasteiger partial charge in [0.15, 0.2) is 0 Å². The first-order valence-electron chi connectivity index (χ1n) is 5.53. The molecule has 1 amide bonds. The average molecular weight is 306 g/mol. The van der Waals surface area contributed by atoms with E-state index in [1.807, 2.05) is 6.07 Å². The van der Waals surface area contributed by atoms with Gasteiger partial charge in [0.05, 0.1) is 22.3 Å². The number of hydrogen-bond acceptors (Lipinski definition) is 3. The molecule has 4 nitrogen and oxygen atoms in total. The lowest BCUT2D eigenvalue weighted by molar-refractivity contribution is -0.138. The van der Waals surface area contributed by atoms with Crippen molar-refractivity contribution in [1.29, 1.82) is 5.26 Å². The smallest absolute Gasteiger partial charge is 0.373 e. The van der Waals surface area contributed by atoms with Gasteiger partial charge in [-0.05, 0) is 25.1 Å². The van der Waals surface area contributed by atoms with Crippen molar-refractivity contribution in [3.63, 3.8) is 0 Å². The molecule has 0 aliphatic carbocycles. The molecule has 1 aromatic carbocycles. The third kappa shape index (κ3) is 4.97. The number of nitrogens with zero attached hydrogens (tertiary/aromatic N) is 1. The van der Waals surface area contributed by atoms with E-state index in [0.717, 1.165) is 0 Å². The zero-order valence-electron chi connectivity index (χ0n) is 10.4. The molecule has 1 unspecified atom stereocenters. The van der Waals surface area contributed by atoms with E-state index in [9.17, 15) is 18.0 Å². The maximum atomic E-state index is 12.0. The largest absolute Gasteiger partial charge is 0.405 e. The molecule has 0 fully saturated rings. The quantitative estimate of drug-likeness (QED) is 0.899. The Balaban J connectivity index is 2.64. The number of halogens is 4. The Hall–Kier alpha value is -1.94. The fraction of sp³-hybridized carbons (Fsp3) is 0.333. The molecule has 1 rings (SSSR count). The van der Waals surface area contributed by atoms with Crippen molar-refractivity contribution in [2.24, 2.45) is 0 Å².